The van der Waals surface area contributed by atoms with E-state index >= 15 is 0 Å². The van der Waals surface area contributed by atoms with E-state index in [1.54, 1.807) is 24.3 Å². The molecule has 6 heteroatoms. The number of halogens is 1. The minimum atomic E-state index is -4.26. The van der Waals surface area contributed by atoms with Crippen LogP contribution < -0.4 is 5.30 Å². The third-order valence-corrected chi connectivity index (χ3v) is 6.27. The average Bonchev–Trinajstić information content (AvgIpc) is 3.07. The predicted octanol–water partition coefficient (Wildman–Crippen LogP) is 5.39. The molecule has 0 saturated carbocycles. The summed E-state index contributed by atoms with van der Waals surface area (Å²) in [5, 5.41) is 2.05. The Morgan fingerprint density at radius 1 is 0.700 bits per heavy atom. The molecule has 5 rings (SSSR count). The lowest BCUT2D eigenvalue weighted by Gasteiger charge is -2.10. The number of fused-ring (bicyclic) bond motifs is 3. The molecule has 30 heavy (non-hydrogen) atoms. The molecular weight excluding hydrogens is 400 g/mol. The van der Waals surface area contributed by atoms with Crippen LogP contribution in [-0.4, -0.2) is 14.4 Å². The second kappa shape index (κ2) is 6.92. The van der Waals surface area contributed by atoms with Crippen LogP contribution in [0.1, 0.15) is 0 Å². The summed E-state index contributed by atoms with van der Waals surface area (Å²) in [6.45, 7) is 0. The summed E-state index contributed by atoms with van der Waals surface area (Å²) in [5.41, 5.74) is 4.48. The highest BCUT2D eigenvalue weighted by Crippen LogP contribution is 2.35. The van der Waals surface area contributed by atoms with E-state index in [4.69, 9.17) is 0 Å². The quantitative estimate of drug-likeness (QED) is 0.387. The van der Waals surface area contributed by atoms with Gasteiger partial charge in [-0.1, -0.05) is 42.5 Å². The van der Waals surface area contributed by atoms with Gasteiger partial charge in [0.25, 0.3) is 0 Å². The second-order valence-corrected chi connectivity index (χ2v) is 8.76. The van der Waals surface area contributed by atoms with E-state index in [0.29, 0.717) is 0 Å². The first-order chi connectivity index (χ1) is 14.4. The maximum atomic E-state index is 14.0. The Morgan fingerprint density at radius 3 is 1.97 bits per heavy atom. The van der Waals surface area contributed by atoms with E-state index in [-0.39, 0.29) is 11.1 Å². The molecule has 0 unspecified atom stereocenters. The van der Waals surface area contributed by atoms with Crippen molar-refractivity contribution in [1.82, 2.24) is 4.57 Å². The molecule has 0 spiro atoms. The third kappa shape index (κ3) is 3.14. The Labute approximate surface area is 172 Å². The summed E-state index contributed by atoms with van der Waals surface area (Å²) in [5.74, 6) is -0.284. The lowest BCUT2D eigenvalue weighted by molar-refractivity contribution is 0.387. The minimum Gasteiger partial charge on any atom is -0.321 e. The Kier molecular flexibility index (Phi) is 4.33. The highest BCUT2D eigenvalue weighted by Gasteiger charge is 2.16. The SMILES string of the molecule is O=P(O)(O)c1ccc(-c2ccc(-n3c4ccccc4c4ccc(F)cc43)cc2)cc1. The van der Waals surface area contributed by atoms with Gasteiger partial charge in [-0.05, 0) is 59.7 Å². The van der Waals surface area contributed by atoms with Crippen molar-refractivity contribution in [2.75, 3.05) is 0 Å². The minimum absolute atomic E-state index is 0.00447. The van der Waals surface area contributed by atoms with E-state index < -0.39 is 7.60 Å². The van der Waals surface area contributed by atoms with Crippen LogP contribution in [-0.2, 0) is 4.57 Å². The summed E-state index contributed by atoms with van der Waals surface area (Å²) in [4.78, 5) is 18.5. The number of hydrogen-bond donors (Lipinski definition) is 2. The molecule has 148 valence electrons. The summed E-state index contributed by atoms with van der Waals surface area (Å²) < 4.78 is 27.4. The molecule has 0 amide bonds. The Balaban J connectivity index is 1.61. The zero-order valence-electron chi connectivity index (χ0n) is 15.7. The van der Waals surface area contributed by atoms with Gasteiger partial charge in [0.1, 0.15) is 5.82 Å². The summed E-state index contributed by atoms with van der Waals surface area (Å²) in [7, 11) is -4.26. The first-order valence-corrected chi connectivity index (χ1v) is 11.0. The largest absolute Gasteiger partial charge is 0.356 e. The van der Waals surface area contributed by atoms with Crippen LogP contribution in [0.3, 0.4) is 0 Å². The van der Waals surface area contributed by atoms with Crippen LogP contribution in [0.25, 0.3) is 38.6 Å². The van der Waals surface area contributed by atoms with Gasteiger partial charge in [0.2, 0.25) is 0 Å². The molecule has 2 N–H and O–H groups in total. The van der Waals surface area contributed by atoms with Crippen molar-refractivity contribution >= 4 is 34.7 Å². The summed E-state index contributed by atoms with van der Waals surface area (Å²) >= 11 is 0. The number of aromatic nitrogens is 1. The number of nitrogens with zero attached hydrogens (tertiary/aromatic N) is 1. The molecule has 0 saturated heterocycles. The van der Waals surface area contributed by atoms with Crippen molar-refractivity contribution in [2.45, 2.75) is 0 Å². The van der Waals surface area contributed by atoms with Crippen LogP contribution in [0.5, 0.6) is 0 Å². The zero-order chi connectivity index (χ0) is 20.9. The number of para-hydroxylation sites is 1. The van der Waals surface area contributed by atoms with Gasteiger partial charge >= 0.3 is 7.60 Å². The van der Waals surface area contributed by atoms with Crippen molar-refractivity contribution in [1.29, 1.82) is 0 Å². The van der Waals surface area contributed by atoms with E-state index in [1.807, 2.05) is 53.1 Å². The van der Waals surface area contributed by atoms with Crippen LogP contribution in [0, 0.1) is 5.82 Å². The van der Waals surface area contributed by atoms with Gasteiger partial charge in [-0.3, -0.25) is 4.57 Å². The van der Waals surface area contributed by atoms with Gasteiger partial charge in [0.15, 0.2) is 0 Å². The van der Waals surface area contributed by atoms with Gasteiger partial charge in [0.05, 0.1) is 16.3 Å². The van der Waals surface area contributed by atoms with Crippen LogP contribution >= 0.6 is 7.60 Å². The number of benzene rings is 4. The molecule has 0 aliphatic heterocycles. The van der Waals surface area contributed by atoms with Crippen LogP contribution in [0.2, 0.25) is 0 Å². The van der Waals surface area contributed by atoms with Crippen molar-refractivity contribution in [3.8, 4) is 16.8 Å². The van der Waals surface area contributed by atoms with Gasteiger partial charge in [-0.15, -0.1) is 0 Å². The first-order valence-electron chi connectivity index (χ1n) is 9.37. The Bertz CT molecular complexity index is 1430. The highest BCUT2D eigenvalue weighted by atomic mass is 31.2. The van der Waals surface area contributed by atoms with Crippen molar-refractivity contribution in [3.05, 3.63) is 96.8 Å². The molecule has 0 aliphatic carbocycles. The summed E-state index contributed by atoms with van der Waals surface area (Å²) in [6.07, 6.45) is 0. The fourth-order valence-electron chi connectivity index (χ4n) is 3.87. The molecule has 0 bridgehead atoms. The molecule has 0 radical (unpaired) electrons. The van der Waals surface area contributed by atoms with Gasteiger partial charge in [-0.2, -0.15) is 0 Å². The number of hydrogen-bond acceptors (Lipinski definition) is 1. The maximum absolute atomic E-state index is 14.0. The van der Waals surface area contributed by atoms with Gasteiger partial charge in [-0.25, -0.2) is 4.39 Å². The van der Waals surface area contributed by atoms with E-state index in [1.165, 1.54) is 18.2 Å². The molecule has 4 aromatic carbocycles. The molecule has 0 fully saturated rings. The van der Waals surface area contributed by atoms with E-state index in [9.17, 15) is 18.7 Å². The second-order valence-electron chi connectivity index (χ2n) is 7.15. The van der Waals surface area contributed by atoms with Crippen molar-refractivity contribution < 1.29 is 18.7 Å². The standard InChI is InChI=1S/C24H17FNO3P/c25-18-9-14-22-21-3-1-2-4-23(21)26(24(22)15-18)19-10-5-16(6-11-19)17-7-12-20(13-8-17)30(27,28)29/h1-15H,(H2,27,28,29). The highest BCUT2D eigenvalue weighted by molar-refractivity contribution is 7.60. The van der Waals surface area contributed by atoms with Crippen molar-refractivity contribution in [2.24, 2.45) is 0 Å². The normalized spacial score (nSPS) is 12.0. The molecule has 1 aromatic heterocycles. The van der Waals surface area contributed by atoms with E-state index in [0.717, 1.165) is 38.6 Å². The monoisotopic (exact) mass is 417 g/mol. The molecule has 1 heterocycles. The molecule has 4 nitrogen and oxygen atoms in total. The molecular formula is C24H17FNO3P. The van der Waals surface area contributed by atoms with Crippen molar-refractivity contribution in [3.63, 3.8) is 0 Å². The average molecular weight is 417 g/mol. The maximum Gasteiger partial charge on any atom is 0.356 e. The fraction of sp³-hybridized carbons (Fsp3) is 0. The Hall–Kier alpha value is -3.24. The topological polar surface area (TPSA) is 62.5 Å². The van der Waals surface area contributed by atoms with Gasteiger partial charge in [0, 0.05) is 16.5 Å². The Morgan fingerprint density at radius 2 is 1.30 bits per heavy atom. The first kappa shape index (κ1) is 18.8. The predicted molar refractivity (Wildman–Crippen MR) is 118 cm³/mol. The third-order valence-electron chi connectivity index (χ3n) is 5.30. The van der Waals surface area contributed by atoms with Crippen LogP contribution in [0.4, 0.5) is 4.39 Å². The molecule has 0 atom stereocenters. The smallest absolute Gasteiger partial charge is 0.321 e. The van der Waals surface area contributed by atoms with Crippen LogP contribution in [0.15, 0.2) is 91.0 Å². The molecule has 0 aliphatic rings. The summed E-state index contributed by atoms with van der Waals surface area (Å²) in [6, 6.07) is 26.9. The van der Waals surface area contributed by atoms with E-state index in [2.05, 4.69) is 0 Å². The lowest BCUT2D eigenvalue weighted by atomic mass is 10.1. The fourth-order valence-corrected chi connectivity index (χ4v) is 4.41. The molecule has 5 aromatic rings. The number of rotatable bonds is 3. The zero-order valence-corrected chi connectivity index (χ0v) is 16.6. The van der Waals surface area contributed by atoms with Gasteiger partial charge < -0.3 is 14.4 Å². The lowest BCUT2D eigenvalue weighted by Crippen LogP contribution is -2.02.